The van der Waals surface area contributed by atoms with Crippen LogP contribution in [0.25, 0.3) is 5.76 Å². The van der Waals surface area contributed by atoms with Gasteiger partial charge in [-0.3, -0.25) is 14.5 Å². The number of carbonyl (C=O) groups excluding carboxylic acids is 2. The maximum Gasteiger partial charge on any atom is 0.300 e. The van der Waals surface area contributed by atoms with Gasteiger partial charge < -0.3 is 14.6 Å². The Kier molecular flexibility index (Phi) is 6.11. The number of halogens is 1. The highest BCUT2D eigenvalue weighted by Crippen LogP contribution is 2.44. The van der Waals surface area contributed by atoms with E-state index in [0.29, 0.717) is 28.3 Å². The Balaban J connectivity index is 1.99. The smallest absolute Gasteiger partial charge is 0.300 e. The highest BCUT2D eigenvalue weighted by molar-refractivity contribution is 6.51. The van der Waals surface area contributed by atoms with Crippen LogP contribution in [0.1, 0.15) is 28.3 Å². The average Bonchev–Trinajstić information content (AvgIpc) is 3.10. The fraction of sp³-hybridized carbons (Fsp3) is 0.185. The fourth-order valence-corrected chi connectivity index (χ4v) is 4.26. The molecule has 174 valence electrons. The Morgan fingerprint density at radius 1 is 0.941 bits per heavy atom. The lowest BCUT2D eigenvalue weighted by molar-refractivity contribution is -0.132. The van der Waals surface area contributed by atoms with E-state index < -0.39 is 23.5 Å². The topological polar surface area (TPSA) is 76.1 Å². The van der Waals surface area contributed by atoms with Gasteiger partial charge in [0.05, 0.1) is 25.8 Å². The molecule has 1 atom stereocenters. The third-order valence-corrected chi connectivity index (χ3v) is 5.97. The first-order chi connectivity index (χ1) is 16.3. The molecule has 0 aliphatic carbocycles. The van der Waals surface area contributed by atoms with Gasteiger partial charge in [-0.1, -0.05) is 24.3 Å². The second kappa shape index (κ2) is 9.02. The first kappa shape index (κ1) is 23.0. The lowest BCUT2D eigenvalue weighted by Gasteiger charge is -2.26. The zero-order valence-corrected chi connectivity index (χ0v) is 19.3. The number of aryl methyl sites for hydroxylation is 2. The SMILES string of the molecule is COc1cccc(N2C(=O)C(=O)/C(=C(/O)c3cc(C)c(OC)cc3C)C2c2ccccc2F)c1. The van der Waals surface area contributed by atoms with E-state index in [1.807, 2.05) is 0 Å². The summed E-state index contributed by atoms with van der Waals surface area (Å²) in [7, 11) is 3.02. The molecule has 0 aromatic heterocycles. The summed E-state index contributed by atoms with van der Waals surface area (Å²) in [5, 5.41) is 11.4. The molecular weight excluding hydrogens is 437 g/mol. The number of aliphatic hydroxyl groups excluding tert-OH is 1. The molecule has 3 aromatic carbocycles. The summed E-state index contributed by atoms with van der Waals surface area (Å²) in [6, 6.07) is 14.7. The first-order valence-electron chi connectivity index (χ1n) is 10.6. The zero-order valence-electron chi connectivity index (χ0n) is 19.3. The van der Waals surface area contributed by atoms with Gasteiger partial charge in [0, 0.05) is 22.9 Å². The minimum Gasteiger partial charge on any atom is -0.507 e. The van der Waals surface area contributed by atoms with Crippen molar-refractivity contribution in [1.82, 2.24) is 0 Å². The number of amides is 1. The van der Waals surface area contributed by atoms with Crippen LogP contribution in [0.15, 0.2) is 66.2 Å². The van der Waals surface area contributed by atoms with Crippen molar-refractivity contribution < 1.29 is 28.6 Å². The number of nitrogens with zero attached hydrogens (tertiary/aromatic N) is 1. The van der Waals surface area contributed by atoms with Crippen molar-refractivity contribution in [2.24, 2.45) is 0 Å². The van der Waals surface area contributed by atoms with Gasteiger partial charge in [-0.25, -0.2) is 4.39 Å². The molecule has 1 saturated heterocycles. The first-order valence-corrected chi connectivity index (χ1v) is 10.6. The fourth-order valence-electron chi connectivity index (χ4n) is 4.26. The summed E-state index contributed by atoms with van der Waals surface area (Å²) in [5.74, 6) is -1.66. The number of Topliss-reactive ketones (excluding diaryl/α,β-unsaturated/α-hetero) is 1. The second-order valence-electron chi connectivity index (χ2n) is 8.03. The molecule has 0 spiro atoms. The number of ketones is 1. The third-order valence-electron chi connectivity index (χ3n) is 5.97. The molecule has 1 unspecified atom stereocenters. The number of ether oxygens (including phenoxy) is 2. The van der Waals surface area contributed by atoms with E-state index in [9.17, 15) is 14.7 Å². The van der Waals surface area contributed by atoms with E-state index in [4.69, 9.17) is 9.47 Å². The van der Waals surface area contributed by atoms with Crippen LogP contribution in [-0.4, -0.2) is 31.0 Å². The van der Waals surface area contributed by atoms with Crippen LogP contribution in [0.2, 0.25) is 0 Å². The lowest BCUT2D eigenvalue weighted by Crippen LogP contribution is -2.29. The highest BCUT2D eigenvalue weighted by atomic mass is 19.1. The summed E-state index contributed by atoms with van der Waals surface area (Å²) in [4.78, 5) is 27.7. The van der Waals surface area contributed by atoms with Crippen molar-refractivity contribution in [2.75, 3.05) is 19.1 Å². The maximum atomic E-state index is 15.0. The third kappa shape index (κ3) is 3.79. The Hall–Kier alpha value is -4.13. The number of benzene rings is 3. The van der Waals surface area contributed by atoms with Crippen molar-refractivity contribution in [1.29, 1.82) is 0 Å². The van der Waals surface area contributed by atoms with E-state index in [0.717, 1.165) is 5.56 Å². The van der Waals surface area contributed by atoms with Crippen molar-refractivity contribution in [2.45, 2.75) is 19.9 Å². The molecule has 1 heterocycles. The maximum absolute atomic E-state index is 15.0. The number of hydrogen-bond acceptors (Lipinski definition) is 5. The number of rotatable bonds is 5. The summed E-state index contributed by atoms with van der Waals surface area (Å²) in [6.45, 7) is 3.56. The molecule has 1 fully saturated rings. The second-order valence-corrected chi connectivity index (χ2v) is 8.03. The number of carbonyl (C=O) groups is 2. The van der Waals surface area contributed by atoms with Gasteiger partial charge in [0.1, 0.15) is 23.1 Å². The molecule has 34 heavy (non-hydrogen) atoms. The van der Waals surface area contributed by atoms with E-state index >= 15 is 4.39 Å². The molecule has 3 aromatic rings. The Morgan fingerprint density at radius 3 is 2.35 bits per heavy atom. The minimum atomic E-state index is -1.17. The van der Waals surface area contributed by atoms with Crippen LogP contribution in [-0.2, 0) is 9.59 Å². The van der Waals surface area contributed by atoms with Crippen LogP contribution in [0.5, 0.6) is 11.5 Å². The van der Waals surface area contributed by atoms with Gasteiger partial charge in [-0.15, -0.1) is 0 Å². The van der Waals surface area contributed by atoms with Crippen molar-refractivity contribution in [3.8, 4) is 11.5 Å². The molecular formula is C27H24FNO5. The Labute approximate surface area is 196 Å². The average molecular weight is 461 g/mol. The normalized spacial score (nSPS) is 17.2. The van der Waals surface area contributed by atoms with Crippen LogP contribution in [0.4, 0.5) is 10.1 Å². The monoisotopic (exact) mass is 461 g/mol. The molecule has 1 N–H and O–H groups in total. The van der Waals surface area contributed by atoms with Gasteiger partial charge >= 0.3 is 0 Å². The van der Waals surface area contributed by atoms with E-state index in [-0.39, 0.29) is 16.9 Å². The molecule has 1 aliphatic rings. The van der Waals surface area contributed by atoms with Gasteiger partial charge in [0.2, 0.25) is 0 Å². The van der Waals surface area contributed by atoms with Gasteiger partial charge in [0.15, 0.2) is 0 Å². The number of aliphatic hydroxyl groups is 1. The van der Waals surface area contributed by atoms with Crippen molar-refractivity contribution in [3.63, 3.8) is 0 Å². The van der Waals surface area contributed by atoms with Crippen LogP contribution in [0, 0.1) is 19.7 Å². The minimum absolute atomic E-state index is 0.0916. The zero-order chi connectivity index (χ0) is 24.6. The molecule has 0 radical (unpaired) electrons. The van der Waals surface area contributed by atoms with Gasteiger partial charge in [-0.2, -0.15) is 0 Å². The Bertz CT molecular complexity index is 1330. The predicted octanol–water partition coefficient (Wildman–Crippen LogP) is 5.09. The lowest BCUT2D eigenvalue weighted by atomic mass is 9.92. The summed E-state index contributed by atoms with van der Waals surface area (Å²) >= 11 is 0. The van der Waals surface area contributed by atoms with E-state index in [1.165, 1.54) is 30.2 Å². The molecule has 1 aliphatic heterocycles. The summed E-state index contributed by atoms with van der Waals surface area (Å²) in [6.07, 6.45) is 0. The molecule has 0 saturated carbocycles. The standard InChI is InChI=1S/C27H24FNO5/c1-15-13-22(34-4)16(2)12-20(15)25(30)23-24(19-10-5-6-11-21(19)28)29(27(32)26(23)31)17-8-7-9-18(14-17)33-3/h5-14,24,30H,1-4H3/b25-23+. The quantitative estimate of drug-likeness (QED) is 0.326. The summed E-state index contributed by atoms with van der Waals surface area (Å²) < 4.78 is 25.6. The summed E-state index contributed by atoms with van der Waals surface area (Å²) in [5.41, 5.74) is 1.98. The number of anilines is 1. The molecule has 4 rings (SSSR count). The number of hydrogen-bond donors (Lipinski definition) is 1. The number of methoxy groups -OCH3 is 2. The molecule has 0 bridgehead atoms. The van der Waals surface area contributed by atoms with Crippen molar-refractivity contribution in [3.05, 3.63) is 94.3 Å². The van der Waals surface area contributed by atoms with Crippen LogP contribution >= 0.6 is 0 Å². The molecule has 1 amide bonds. The van der Waals surface area contributed by atoms with E-state index in [2.05, 4.69) is 0 Å². The molecule has 6 nitrogen and oxygen atoms in total. The van der Waals surface area contributed by atoms with Gasteiger partial charge in [-0.05, 0) is 55.3 Å². The molecule has 7 heteroatoms. The highest BCUT2D eigenvalue weighted by Gasteiger charge is 2.48. The van der Waals surface area contributed by atoms with Crippen molar-refractivity contribution >= 4 is 23.1 Å². The largest absolute Gasteiger partial charge is 0.507 e. The van der Waals surface area contributed by atoms with E-state index in [1.54, 1.807) is 63.4 Å². The van der Waals surface area contributed by atoms with Crippen LogP contribution < -0.4 is 14.4 Å². The van der Waals surface area contributed by atoms with Gasteiger partial charge in [0.25, 0.3) is 11.7 Å². The van der Waals surface area contributed by atoms with Crippen LogP contribution in [0.3, 0.4) is 0 Å². The Morgan fingerprint density at radius 2 is 1.68 bits per heavy atom. The predicted molar refractivity (Wildman–Crippen MR) is 127 cm³/mol.